The standard InChI is InChI=1S/C8H18O.C7H8O/c1-3-4-5-6-7-8(2)9;1-6-2-4-7(8)5-3-6/h8-9H,3-7H2,1-2H3;2-5,8H,1H3. The van der Waals surface area contributed by atoms with Crippen LogP contribution in [0.15, 0.2) is 24.3 Å². The maximum absolute atomic E-state index is 8.85. The first-order valence-corrected chi connectivity index (χ1v) is 6.50. The van der Waals surface area contributed by atoms with E-state index in [2.05, 4.69) is 6.92 Å². The van der Waals surface area contributed by atoms with Gasteiger partial charge in [-0.25, -0.2) is 0 Å². The molecule has 0 amide bonds. The maximum atomic E-state index is 8.85. The first-order valence-electron chi connectivity index (χ1n) is 6.50. The van der Waals surface area contributed by atoms with Crippen molar-refractivity contribution in [3.8, 4) is 5.75 Å². The molecule has 98 valence electrons. The molecule has 0 aromatic heterocycles. The van der Waals surface area contributed by atoms with E-state index in [-0.39, 0.29) is 6.10 Å². The Balaban J connectivity index is 0.000000302. The summed E-state index contributed by atoms with van der Waals surface area (Å²) in [4.78, 5) is 0. The fourth-order valence-corrected chi connectivity index (χ4v) is 1.41. The highest BCUT2D eigenvalue weighted by Gasteiger charge is 1.93. The van der Waals surface area contributed by atoms with Gasteiger partial charge in [0, 0.05) is 0 Å². The molecule has 0 fully saturated rings. The van der Waals surface area contributed by atoms with Crippen LogP contribution in [0.2, 0.25) is 0 Å². The molecule has 0 aliphatic carbocycles. The molecule has 0 aliphatic heterocycles. The van der Waals surface area contributed by atoms with Crippen molar-refractivity contribution < 1.29 is 10.2 Å². The molecule has 1 atom stereocenters. The first kappa shape index (κ1) is 16.0. The minimum atomic E-state index is -0.0955. The Bertz CT molecular complexity index is 244. The molecule has 0 saturated heterocycles. The minimum absolute atomic E-state index is 0.0955. The molecule has 0 spiro atoms. The number of rotatable bonds is 5. The van der Waals surface area contributed by atoms with Crippen molar-refractivity contribution in [3.63, 3.8) is 0 Å². The van der Waals surface area contributed by atoms with E-state index in [0.717, 1.165) is 6.42 Å². The number of aliphatic hydroxyl groups is 1. The van der Waals surface area contributed by atoms with E-state index in [1.54, 1.807) is 12.1 Å². The van der Waals surface area contributed by atoms with Gasteiger partial charge in [0.1, 0.15) is 5.75 Å². The number of aryl methyl sites for hydroxylation is 1. The average Bonchev–Trinajstić information content (AvgIpc) is 2.29. The van der Waals surface area contributed by atoms with E-state index in [4.69, 9.17) is 10.2 Å². The minimum Gasteiger partial charge on any atom is -0.508 e. The topological polar surface area (TPSA) is 40.5 Å². The quantitative estimate of drug-likeness (QED) is 0.760. The molecule has 1 aromatic rings. The molecule has 2 nitrogen and oxygen atoms in total. The van der Waals surface area contributed by atoms with Crippen molar-refractivity contribution in [2.45, 2.75) is 59.0 Å². The molecule has 1 rings (SSSR count). The number of aromatic hydroxyl groups is 1. The summed E-state index contributed by atoms with van der Waals surface area (Å²) < 4.78 is 0. The van der Waals surface area contributed by atoms with E-state index in [1.807, 2.05) is 26.0 Å². The van der Waals surface area contributed by atoms with Gasteiger partial charge in [-0.2, -0.15) is 0 Å². The van der Waals surface area contributed by atoms with Gasteiger partial charge in [0.15, 0.2) is 0 Å². The van der Waals surface area contributed by atoms with Crippen LogP contribution in [0.5, 0.6) is 5.75 Å². The molecular weight excluding hydrogens is 212 g/mol. The number of hydrogen-bond donors (Lipinski definition) is 2. The van der Waals surface area contributed by atoms with Crippen LogP contribution in [0.3, 0.4) is 0 Å². The zero-order valence-electron chi connectivity index (χ0n) is 11.3. The monoisotopic (exact) mass is 238 g/mol. The number of phenolic OH excluding ortho intramolecular Hbond substituents is 1. The lowest BCUT2D eigenvalue weighted by molar-refractivity contribution is 0.180. The summed E-state index contributed by atoms with van der Waals surface area (Å²) in [6.45, 7) is 6.04. The van der Waals surface area contributed by atoms with Crippen molar-refractivity contribution in [1.29, 1.82) is 0 Å². The molecule has 0 radical (unpaired) electrons. The second kappa shape index (κ2) is 10.2. The fourth-order valence-electron chi connectivity index (χ4n) is 1.41. The Hall–Kier alpha value is -1.02. The van der Waals surface area contributed by atoms with Gasteiger partial charge in [-0.1, -0.05) is 50.3 Å². The third-order valence-corrected chi connectivity index (χ3v) is 2.51. The largest absolute Gasteiger partial charge is 0.508 e. The molecule has 1 aromatic carbocycles. The van der Waals surface area contributed by atoms with E-state index in [9.17, 15) is 0 Å². The Kier molecular flexibility index (Phi) is 9.55. The van der Waals surface area contributed by atoms with Crippen molar-refractivity contribution in [2.75, 3.05) is 0 Å². The highest BCUT2D eigenvalue weighted by Crippen LogP contribution is 2.07. The van der Waals surface area contributed by atoms with Crippen LogP contribution in [0.25, 0.3) is 0 Å². The van der Waals surface area contributed by atoms with Gasteiger partial charge in [0.25, 0.3) is 0 Å². The number of unbranched alkanes of at least 4 members (excludes halogenated alkanes) is 3. The SMILES string of the molecule is CCCCCCC(C)O.Cc1ccc(O)cc1. The number of benzene rings is 1. The number of aliphatic hydroxyl groups excluding tert-OH is 1. The summed E-state index contributed by atoms with van der Waals surface area (Å²) in [5.41, 5.74) is 1.17. The van der Waals surface area contributed by atoms with Crippen LogP contribution >= 0.6 is 0 Å². The maximum Gasteiger partial charge on any atom is 0.115 e. The molecular formula is C15H26O2. The van der Waals surface area contributed by atoms with E-state index in [1.165, 1.54) is 31.2 Å². The molecule has 1 unspecified atom stereocenters. The predicted octanol–water partition coefficient (Wildman–Crippen LogP) is 4.04. The molecule has 0 heterocycles. The van der Waals surface area contributed by atoms with Gasteiger partial charge in [-0.3, -0.25) is 0 Å². The van der Waals surface area contributed by atoms with Crippen LogP contribution in [-0.4, -0.2) is 16.3 Å². The van der Waals surface area contributed by atoms with E-state index >= 15 is 0 Å². The number of phenols is 1. The number of hydrogen-bond acceptors (Lipinski definition) is 2. The Morgan fingerprint density at radius 2 is 1.65 bits per heavy atom. The summed E-state index contributed by atoms with van der Waals surface area (Å²) in [5, 5.41) is 17.6. The van der Waals surface area contributed by atoms with Gasteiger partial charge >= 0.3 is 0 Å². The van der Waals surface area contributed by atoms with Crippen molar-refractivity contribution in [1.82, 2.24) is 0 Å². The third kappa shape index (κ3) is 11.2. The van der Waals surface area contributed by atoms with Crippen LogP contribution in [0.4, 0.5) is 0 Å². The van der Waals surface area contributed by atoms with Gasteiger partial charge in [-0.05, 0) is 32.4 Å². The molecule has 0 aliphatic rings. The second-order valence-electron chi connectivity index (χ2n) is 4.53. The zero-order valence-corrected chi connectivity index (χ0v) is 11.3. The third-order valence-electron chi connectivity index (χ3n) is 2.51. The molecule has 2 heteroatoms. The molecule has 0 saturated carbocycles. The second-order valence-corrected chi connectivity index (χ2v) is 4.53. The molecule has 17 heavy (non-hydrogen) atoms. The normalized spacial score (nSPS) is 11.5. The van der Waals surface area contributed by atoms with E-state index in [0.29, 0.717) is 5.75 Å². The zero-order chi connectivity index (χ0) is 13.1. The lowest BCUT2D eigenvalue weighted by Crippen LogP contribution is -1.97. The predicted molar refractivity (Wildman–Crippen MR) is 73.3 cm³/mol. The average molecular weight is 238 g/mol. The highest BCUT2D eigenvalue weighted by molar-refractivity contribution is 5.24. The Morgan fingerprint density at radius 3 is 2.06 bits per heavy atom. The van der Waals surface area contributed by atoms with Gasteiger partial charge in [-0.15, -0.1) is 0 Å². The van der Waals surface area contributed by atoms with Gasteiger partial charge < -0.3 is 10.2 Å². The van der Waals surface area contributed by atoms with Gasteiger partial charge in [0.05, 0.1) is 6.10 Å². The van der Waals surface area contributed by atoms with Crippen molar-refractivity contribution in [3.05, 3.63) is 29.8 Å². The summed E-state index contributed by atoms with van der Waals surface area (Å²) in [7, 11) is 0. The fraction of sp³-hybridized carbons (Fsp3) is 0.600. The summed E-state index contributed by atoms with van der Waals surface area (Å²) in [5.74, 6) is 0.329. The van der Waals surface area contributed by atoms with Crippen molar-refractivity contribution in [2.24, 2.45) is 0 Å². The van der Waals surface area contributed by atoms with Crippen LogP contribution in [0, 0.1) is 6.92 Å². The highest BCUT2D eigenvalue weighted by atomic mass is 16.3. The summed E-state index contributed by atoms with van der Waals surface area (Å²) >= 11 is 0. The Labute approximate surface area is 105 Å². The Morgan fingerprint density at radius 1 is 1.06 bits per heavy atom. The first-order chi connectivity index (χ1) is 8.06. The van der Waals surface area contributed by atoms with Gasteiger partial charge in [0.2, 0.25) is 0 Å². The lowest BCUT2D eigenvalue weighted by atomic mass is 10.1. The smallest absolute Gasteiger partial charge is 0.115 e. The van der Waals surface area contributed by atoms with Crippen LogP contribution < -0.4 is 0 Å². The molecule has 2 N–H and O–H groups in total. The summed E-state index contributed by atoms with van der Waals surface area (Å²) in [6, 6.07) is 7.09. The van der Waals surface area contributed by atoms with Crippen LogP contribution in [-0.2, 0) is 0 Å². The van der Waals surface area contributed by atoms with Crippen molar-refractivity contribution >= 4 is 0 Å². The summed E-state index contributed by atoms with van der Waals surface area (Å²) in [6.07, 6.45) is 5.93. The molecule has 0 bridgehead atoms. The van der Waals surface area contributed by atoms with E-state index < -0.39 is 0 Å². The van der Waals surface area contributed by atoms with Crippen LogP contribution in [0.1, 0.15) is 51.5 Å². The lowest BCUT2D eigenvalue weighted by Gasteiger charge is -2.01.